The number of hydrogen-bond acceptors (Lipinski definition) is 6. The standard InChI is InChI=1S/C19H23N7O2/c20-15-8-22-25(10-15)17-6-7-24(12-18(17)26-11-16(21)9-23-26)19(27)28-13-14-4-2-1-3-5-14/h1-5,8-11,17-18H,6-7,12-13,20-21H2. The van der Waals surface area contributed by atoms with Gasteiger partial charge in [0.1, 0.15) is 6.61 Å². The van der Waals surface area contributed by atoms with Crippen molar-refractivity contribution >= 4 is 17.5 Å². The minimum absolute atomic E-state index is 0.00905. The van der Waals surface area contributed by atoms with Crippen LogP contribution in [-0.4, -0.2) is 43.6 Å². The molecule has 28 heavy (non-hydrogen) atoms. The summed E-state index contributed by atoms with van der Waals surface area (Å²) in [6.07, 6.45) is 7.15. The molecule has 4 rings (SSSR count). The van der Waals surface area contributed by atoms with Gasteiger partial charge in [0.15, 0.2) is 0 Å². The number of ether oxygens (including phenoxy) is 1. The van der Waals surface area contributed by atoms with Gasteiger partial charge < -0.3 is 21.1 Å². The number of piperidine rings is 1. The van der Waals surface area contributed by atoms with Gasteiger partial charge in [0.05, 0.1) is 35.9 Å². The molecule has 1 amide bonds. The Balaban J connectivity index is 1.49. The Morgan fingerprint density at radius 2 is 1.68 bits per heavy atom. The van der Waals surface area contributed by atoms with Crippen molar-refractivity contribution in [1.82, 2.24) is 24.5 Å². The first-order valence-corrected chi connectivity index (χ1v) is 9.15. The largest absolute Gasteiger partial charge is 0.445 e. The summed E-state index contributed by atoms with van der Waals surface area (Å²) in [7, 11) is 0. The van der Waals surface area contributed by atoms with E-state index in [1.54, 1.807) is 34.4 Å². The monoisotopic (exact) mass is 381 g/mol. The summed E-state index contributed by atoms with van der Waals surface area (Å²) in [5.74, 6) is 0. The number of anilines is 2. The Hall–Kier alpha value is -3.49. The third-order valence-corrected chi connectivity index (χ3v) is 4.93. The molecular weight excluding hydrogens is 358 g/mol. The highest BCUT2D eigenvalue weighted by Crippen LogP contribution is 2.32. The van der Waals surface area contributed by atoms with Crippen molar-refractivity contribution in [3.05, 3.63) is 60.7 Å². The lowest BCUT2D eigenvalue weighted by Crippen LogP contribution is -2.45. The first kappa shape index (κ1) is 17.9. The van der Waals surface area contributed by atoms with Gasteiger partial charge in [-0.25, -0.2) is 4.79 Å². The molecule has 0 radical (unpaired) electrons. The molecule has 9 heteroatoms. The van der Waals surface area contributed by atoms with Crippen LogP contribution in [0.1, 0.15) is 24.1 Å². The smallest absolute Gasteiger partial charge is 0.410 e. The average Bonchev–Trinajstić information content (AvgIpc) is 3.34. The van der Waals surface area contributed by atoms with E-state index in [0.29, 0.717) is 30.9 Å². The summed E-state index contributed by atoms with van der Waals surface area (Å²) in [5.41, 5.74) is 13.8. The number of rotatable bonds is 4. The Morgan fingerprint density at radius 1 is 1.04 bits per heavy atom. The molecule has 1 aromatic carbocycles. The third kappa shape index (κ3) is 3.78. The molecule has 0 saturated carbocycles. The molecule has 9 nitrogen and oxygen atoms in total. The number of amides is 1. The van der Waals surface area contributed by atoms with Crippen molar-refractivity contribution in [2.24, 2.45) is 0 Å². The van der Waals surface area contributed by atoms with Crippen LogP contribution in [0.5, 0.6) is 0 Å². The first-order chi connectivity index (χ1) is 13.6. The van der Waals surface area contributed by atoms with Crippen LogP contribution in [0.15, 0.2) is 55.1 Å². The molecule has 2 unspecified atom stereocenters. The van der Waals surface area contributed by atoms with Gasteiger partial charge in [-0.1, -0.05) is 30.3 Å². The van der Waals surface area contributed by atoms with E-state index in [0.717, 1.165) is 5.56 Å². The molecule has 3 heterocycles. The van der Waals surface area contributed by atoms with E-state index in [9.17, 15) is 4.79 Å². The van der Waals surface area contributed by atoms with Crippen LogP contribution in [0.4, 0.5) is 16.2 Å². The number of carbonyl (C=O) groups is 1. The summed E-state index contributed by atoms with van der Waals surface area (Å²) < 4.78 is 9.12. The maximum Gasteiger partial charge on any atom is 0.410 e. The number of hydrogen-bond donors (Lipinski definition) is 2. The second-order valence-corrected chi connectivity index (χ2v) is 6.92. The van der Waals surface area contributed by atoms with Gasteiger partial charge in [0.2, 0.25) is 0 Å². The summed E-state index contributed by atoms with van der Waals surface area (Å²) >= 11 is 0. The van der Waals surface area contributed by atoms with E-state index in [2.05, 4.69) is 10.2 Å². The molecule has 3 aromatic rings. The highest BCUT2D eigenvalue weighted by Gasteiger charge is 2.35. The van der Waals surface area contributed by atoms with E-state index >= 15 is 0 Å². The van der Waals surface area contributed by atoms with Gasteiger partial charge in [-0.3, -0.25) is 9.36 Å². The molecule has 1 aliphatic heterocycles. The lowest BCUT2D eigenvalue weighted by Gasteiger charge is -2.38. The summed E-state index contributed by atoms with van der Waals surface area (Å²) in [6, 6.07) is 9.50. The lowest BCUT2D eigenvalue weighted by atomic mass is 10.00. The molecule has 2 atom stereocenters. The fourth-order valence-electron chi connectivity index (χ4n) is 3.53. The molecular formula is C19H23N7O2. The van der Waals surface area contributed by atoms with Gasteiger partial charge in [-0.15, -0.1) is 0 Å². The van der Waals surface area contributed by atoms with E-state index < -0.39 is 0 Å². The number of nitrogens with zero attached hydrogens (tertiary/aromatic N) is 5. The van der Waals surface area contributed by atoms with Crippen molar-refractivity contribution in [3.8, 4) is 0 Å². The molecule has 1 aliphatic rings. The number of benzene rings is 1. The molecule has 0 spiro atoms. The number of nitrogen functional groups attached to an aromatic ring is 2. The highest BCUT2D eigenvalue weighted by atomic mass is 16.6. The average molecular weight is 381 g/mol. The molecule has 2 aromatic heterocycles. The van der Waals surface area contributed by atoms with E-state index in [-0.39, 0.29) is 24.8 Å². The predicted octanol–water partition coefficient (Wildman–Crippen LogP) is 2.07. The molecule has 1 fully saturated rings. The number of nitrogens with two attached hydrogens (primary N) is 2. The quantitative estimate of drug-likeness (QED) is 0.714. The third-order valence-electron chi connectivity index (χ3n) is 4.93. The van der Waals surface area contributed by atoms with Crippen LogP contribution >= 0.6 is 0 Å². The fourth-order valence-corrected chi connectivity index (χ4v) is 3.53. The minimum atomic E-state index is -0.340. The Morgan fingerprint density at radius 3 is 2.29 bits per heavy atom. The van der Waals surface area contributed by atoms with Crippen LogP contribution in [0, 0.1) is 0 Å². The van der Waals surface area contributed by atoms with Crippen molar-refractivity contribution in [1.29, 1.82) is 0 Å². The van der Waals surface area contributed by atoms with Crippen LogP contribution in [0.25, 0.3) is 0 Å². The highest BCUT2D eigenvalue weighted by molar-refractivity contribution is 5.67. The molecule has 0 bridgehead atoms. The Bertz CT molecular complexity index is 937. The lowest BCUT2D eigenvalue weighted by molar-refractivity contribution is 0.0638. The van der Waals surface area contributed by atoms with E-state index in [4.69, 9.17) is 16.2 Å². The van der Waals surface area contributed by atoms with Gasteiger partial charge in [-0.2, -0.15) is 10.2 Å². The minimum Gasteiger partial charge on any atom is -0.445 e. The van der Waals surface area contributed by atoms with Gasteiger partial charge in [-0.05, 0) is 12.0 Å². The van der Waals surface area contributed by atoms with E-state index in [1.165, 1.54) is 0 Å². The normalized spacial score (nSPS) is 19.5. The number of carbonyl (C=O) groups excluding carboxylic acids is 1. The van der Waals surface area contributed by atoms with Crippen LogP contribution < -0.4 is 11.5 Å². The molecule has 1 saturated heterocycles. The van der Waals surface area contributed by atoms with Crippen LogP contribution in [0.3, 0.4) is 0 Å². The van der Waals surface area contributed by atoms with Crippen molar-refractivity contribution in [2.45, 2.75) is 25.1 Å². The van der Waals surface area contributed by atoms with Gasteiger partial charge in [0, 0.05) is 25.5 Å². The van der Waals surface area contributed by atoms with Crippen LogP contribution in [0.2, 0.25) is 0 Å². The maximum absolute atomic E-state index is 12.6. The predicted molar refractivity (Wildman–Crippen MR) is 104 cm³/mol. The van der Waals surface area contributed by atoms with E-state index in [1.807, 2.05) is 35.0 Å². The fraction of sp³-hybridized carbons (Fsp3) is 0.316. The SMILES string of the molecule is Nc1cnn(C2CCN(C(=O)OCc3ccccc3)CC2n2cc(N)cn2)c1. The van der Waals surface area contributed by atoms with Crippen molar-refractivity contribution in [3.63, 3.8) is 0 Å². The second kappa shape index (κ2) is 7.63. The topological polar surface area (TPSA) is 117 Å². The molecule has 146 valence electrons. The van der Waals surface area contributed by atoms with Gasteiger partial charge in [0.25, 0.3) is 0 Å². The Labute approximate surface area is 162 Å². The maximum atomic E-state index is 12.6. The zero-order valence-corrected chi connectivity index (χ0v) is 15.4. The summed E-state index contributed by atoms with van der Waals surface area (Å²) in [6.45, 7) is 1.25. The summed E-state index contributed by atoms with van der Waals surface area (Å²) in [4.78, 5) is 14.3. The second-order valence-electron chi connectivity index (χ2n) is 6.92. The summed E-state index contributed by atoms with van der Waals surface area (Å²) in [5, 5.41) is 8.70. The van der Waals surface area contributed by atoms with Crippen molar-refractivity contribution in [2.75, 3.05) is 24.6 Å². The van der Waals surface area contributed by atoms with Crippen LogP contribution in [-0.2, 0) is 11.3 Å². The van der Waals surface area contributed by atoms with Gasteiger partial charge >= 0.3 is 6.09 Å². The zero-order valence-electron chi connectivity index (χ0n) is 15.4. The van der Waals surface area contributed by atoms with Crippen molar-refractivity contribution < 1.29 is 9.53 Å². The Kier molecular flexibility index (Phi) is 4.88. The molecule has 0 aliphatic carbocycles. The first-order valence-electron chi connectivity index (χ1n) is 9.15. The zero-order chi connectivity index (χ0) is 19.5. The number of aromatic nitrogens is 4. The molecule has 4 N–H and O–H groups in total. The number of likely N-dealkylation sites (tertiary alicyclic amines) is 1.